The molecule has 0 aromatic heterocycles. The first-order valence-corrected chi connectivity index (χ1v) is 12.0. The predicted molar refractivity (Wildman–Crippen MR) is 145 cm³/mol. The van der Waals surface area contributed by atoms with Crippen molar-refractivity contribution >= 4 is 0 Å². The van der Waals surface area contributed by atoms with Crippen molar-refractivity contribution in [1.82, 2.24) is 0 Å². The Morgan fingerprint density at radius 2 is 0.912 bits per heavy atom. The number of fused-ring (bicyclic) bond motifs is 3. The molecule has 6 rings (SSSR count). The van der Waals surface area contributed by atoms with Gasteiger partial charge in [-0.15, -0.1) is 0 Å². The van der Waals surface area contributed by atoms with Crippen LogP contribution in [0.3, 0.4) is 0 Å². The van der Waals surface area contributed by atoms with Crippen molar-refractivity contribution < 1.29 is 0 Å². The molecule has 0 aliphatic heterocycles. The lowest BCUT2D eigenvalue weighted by molar-refractivity contribution is 0.660. The van der Waals surface area contributed by atoms with Crippen LogP contribution in [0.1, 0.15) is 30.5 Å². The Kier molecular flexibility index (Phi) is 4.78. The Morgan fingerprint density at radius 3 is 1.56 bits per heavy atom. The van der Waals surface area contributed by atoms with Crippen molar-refractivity contribution in [3.8, 4) is 44.5 Å². The predicted octanol–water partition coefficient (Wildman–Crippen LogP) is 9.30. The van der Waals surface area contributed by atoms with Gasteiger partial charge in [0.1, 0.15) is 0 Å². The molecule has 0 heterocycles. The van der Waals surface area contributed by atoms with Crippen LogP contribution in [-0.4, -0.2) is 0 Å². The van der Waals surface area contributed by atoms with E-state index in [2.05, 4.69) is 136 Å². The van der Waals surface area contributed by atoms with Crippen LogP contribution in [-0.2, 0) is 5.41 Å². The molecule has 0 nitrogen and oxygen atoms in total. The zero-order chi connectivity index (χ0) is 23.3. The zero-order valence-corrected chi connectivity index (χ0v) is 20.0. The third-order valence-corrected chi connectivity index (χ3v) is 7.36. The van der Waals surface area contributed by atoms with Gasteiger partial charge in [0, 0.05) is 5.41 Å². The Morgan fingerprint density at radius 1 is 0.412 bits per heavy atom. The molecule has 0 unspecified atom stereocenters. The second kappa shape index (κ2) is 7.85. The van der Waals surface area contributed by atoms with Crippen molar-refractivity contribution in [3.63, 3.8) is 0 Å². The van der Waals surface area contributed by atoms with E-state index >= 15 is 0 Å². The third-order valence-electron chi connectivity index (χ3n) is 7.36. The molecule has 0 amide bonds. The van der Waals surface area contributed by atoms with E-state index in [1.165, 1.54) is 61.2 Å². The van der Waals surface area contributed by atoms with Crippen molar-refractivity contribution in [2.45, 2.75) is 26.2 Å². The van der Waals surface area contributed by atoms with Gasteiger partial charge in [-0.2, -0.15) is 0 Å². The SMILES string of the molecule is Cc1ccc(-c2cccc(-c3cccc(-c4ccc5c(c4)C(C)(C)c4ccccc4-5)c3)c2)cc1. The first-order valence-electron chi connectivity index (χ1n) is 12.0. The highest BCUT2D eigenvalue weighted by Crippen LogP contribution is 2.49. The van der Waals surface area contributed by atoms with Crippen molar-refractivity contribution in [1.29, 1.82) is 0 Å². The van der Waals surface area contributed by atoms with Crippen molar-refractivity contribution in [2.75, 3.05) is 0 Å². The van der Waals surface area contributed by atoms with E-state index in [1.807, 2.05) is 0 Å². The van der Waals surface area contributed by atoms with Gasteiger partial charge in [0.25, 0.3) is 0 Å². The standard InChI is InChI=1S/C34H28/c1-23-14-16-24(17-15-23)25-8-6-9-26(20-25)27-10-7-11-28(21-27)29-18-19-31-30-12-4-5-13-32(30)34(2,3)33(31)22-29/h4-22H,1-3H3. The normalized spacial score (nSPS) is 13.4. The maximum Gasteiger partial charge on any atom is 0.0159 e. The number of rotatable bonds is 3. The molecule has 0 atom stereocenters. The number of benzene rings is 5. The summed E-state index contributed by atoms with van der Waals surface area (Å²) in [6.45, 7) is 6.81. The van der Waals surface area contributed by atoms with Crippen LogP contribution in [0.5, 0.6) is 0 Å². The van der Waals surface area contributed by atoms with E-state index in [-0.39, 0.29) is 5.41 Å². The van der Waals surface area contributed by atoms with E-state index in [1.54, 1.807) is 0 Å². The lowest BCUT2D eigenvalue weighted by Crippen LogP contribution is -2.14. The lowest BCUT2D eigenvalue weighted by Gasteiger charge is -2.22. The molecule has 0 N–H and O–H groups in total. The molecular weight excluding hydrogens is 408 g/mol. The largest absolute Gasteiger partial charge is 0.0619 e. The summed E-state index contributed by atoms with van der Waals surface area (Å²) in [7, 11) is 0. The molecule has 164 valence electrons. The second-order valence-corrected chi connectivity index (χ2v) is 9.96. The van der Waals surface area contributed by atoms with Gasteiger partial charge in [-0.05, 0) is 80.8 Å². The van der Waals surface area contributed by atoms with E-state index in [0.717, 1.165) is 0 Å². The fourth-order valence-corrected chi connectivity index (χ4v) is 5.39. The number of aryl methyl sites for hydroxylation is 1. The Hall–Kier alpha value is -3.90. The topological polar surface area (TPSA) is 0 Å². The van der Waals surface area contributed by atoms with Crippen LogP contribution in [0.2, 0.25) is 0 Å². The highest BCUT2D eigenvalue weighted by molar-refractivity contribution is 5.84. The highest BCUT2D eigenvalue weighted by Gasteiger charge is 2.35. The van der Waals surface area contributed by atoms with Crippen LogP contribution in [0.15, 0.2) is 115 Å². The van der Waals surface area contributed by atoms with Gasteiger partial charge >= 0.3 is 0 Å². The number of hydrogen-bond donors (Lipinski definition) is 0. The van der Waals surface area contributed by atoms with Gasteiger partial charge in [-0.3, -0.25) is 0 Å². The summed E-state index contributed by atoms with van der Waals surface area (Å²) in [5, 5.41) is 0. The van der Waals surface area contributed by atoms with Crippen molar-refractivity contribution in [3.05, 3.63) is 132 Å². The minimum Gasteiger partial charge on any atom is -0.0619 e. The fraction of sp³-hybridized carbons (Fsp3) is 0.118. The monoisotopic (exact) mass is 436 g/mol. The summed E-state index contributed by atoms with van der Waals surface area (Å²) < 4.78 is 0. The van der Waals surface area contributed by atoms with Crippen LogP contribution >= 0.6 is 0 Å². The smallest absolute Gasteiger partial charge is 0.0159 e. The van der Waals surface area contributed by atoms with E-state index in [0.29, 0.717) is 0 Å². The van der Waals surface area contributed by atoms with Crippen LogP contribution < -0.4 is 0 Å². The summed E-state index contributed by atoms with van der Waals surface area (Å²) in [6, 6.07) is 42.4. The summed E-state index contributed by atoms with van der Waals surface area (Å²) >= 11 is 0. The molecule has 0 spiro atoms. The quantitative estimate of drug-likeness (QED) is 0.264. The first kappa shape index (κ1) is 20.7. The molecule has 0 saturated heterocycles. The molecule has 1 aliphatic carbocycles. The molecule has 0 saturated carbocycles. The van der Waals surface area contributed by atoms with Gasteiger partial charge in [0.15, 0.2) is 0 Å². The van der Waals surface area contributed by atoms with Crippen molar-refractivity contribution in [2.24, 2.45) is 0 Å². The lowest BCUT2D eigenvalue weighted by atomic mass is 9.81. The number of hydrogen-bond acceptors (Lipinski definition) is 0. The van der Waals surface area contributed by atoms with Gasteiger partial charge in [0.2, 0.25) is 0 Å². The Labute approximate surface area is 202 Å². The molecule has 34 heavy (non-hydrogen) atoms. The molecule has 0 radical (unpaired) electrons. The van der Waals surface area contributed by atoms with Gasteiger partial charge in [0.05, 0.1) is 0 Å². The maximum atomic E-state index is 2.40. The minimum absolute atomic E-state index is 0.0158. The van der Waals surface area contributed by atoms with E-state index in [9.17, 15) is 0 Å². The summed E-state index contributed by atoms with van der Waals surface area (Å²) in [5.74, 6) is 0. The summed E-state index contributed by atoms with van der Waals surface area (Å²) in [4.78, 5) is 0. The summed E-state index contributed by atoms with van der Waals surface area (Å²) in [5.41, 5.74) is 14.4. The molecular formula is C34H28. The van der Waals surface area contributed by atoms with Gasteiger partial charge in [-0.1, -0.05) is 116 Å². The molecule has 5 aromatic rings. The van der Waals surface area contributed by atoms with Gasteiger partial charge < -0.3 is 0 Å². The van der Waals surface area contributed by atoms with Gasteiger partial charge in [-0.25, -0.2) is 0 Å². The first-order chi connectivity index (χ1) is 16.5. The second-order valence-electron chi connectivity index (χ2n) is 9.96. The summed E-state index contributed by atoms with van der Waals surface area (Å²) in [6.07, 6.45) is 0. The van der Waals surface area contributed by atoms with Crippen LogP contribution in [0, 0.1) is 6.92 Å². The average Bonchev–Trinajstić information content (AvgIpc) is 3.11. The molecule has 0 fully saturated rings. The molecule has 0 heteroatoms. The minimum atomic E-state index is 0.0158. The Balaban J connectivity index is 1.39. The fourth-order valence-electron chi connectivity index (χ4n) is 5.39. The van der Waals surface area contributed by atoms with E-state index < -0.39 is 0 Å². The van der Waals surface area contributed by atoms with E-state index in [4.69, 9.17) is 0 Å². The van der Waals surface area contributed by atoms with Crippen LogP contribution in [0.25, 0.3) is 44.5 Å². The third kappa shape index (κ3) is 3.38. The highest BCUT2D eigenvalue weighted by atomic mass is 14.4. The maximum absolute atomic E-state index is 2.40. The molecule has 1 aliphatic rings. The molecule has 0 bridgehead atoms. The molecule has 5 aromatic carbocycles. The Bertz CT molecular complexity index is 1520. The average molecular weight is 437 g/mol. The zero-order valence-electron chi connectivity index (χ0n) is 20.0. The van der Waals surface area contributed by atoms with Crippen LogP contribution in [0.4, 0.5) is 0 Å².